The van der Waals surface area contributed by atoms with E-state index in [9.17, 15) is 19.0 Å². The van der Waals surface area contributed by atoms with Gasteiger partial charge < -0.3 is 27.9 Å². The number of carbonyl (C=O) groups excluding carboxylic acids is 2. The van der Waals surface area contributed by atoms with E-state index < -0.39 is 32.5 Å². The quantitative estimate of drug-likeness (QED) is 0.0150. The Labute approximate surface area is 366 Å². The summed E-state index contributed by atoms with van der Waals surface area (Å²) in [6.07, 6.45) is 54.6. The van der Waals surface area contributed by atoms with Gasteiger partial charge in [0, 0.05) is 12.8 Å². The van der Waals surface area contributed by atoms with Crippen LogP contribution in [0.5, 0.6) is 0 Å². The van der Waals surface area contributed by atoms with Crippen molar-refractivity contribution in [3.05, 3.63) is 97.2 Å². The number of likely N-dealkylation sites (N-methyl/N-ethyl adjacent to an activating group) is 1. The molecule has 2 unspecified atom stereocenters. The molecule has 0 aromatic carbocycles. The number of nitrogens with zero attached hydrogens (tertiary/aromatic N) is 1. The van der Waals surface area contributed by atoms with Crippen molar-refractivity contribution in [2.24, 2.45) is 0 Å². The van der Waals surface area contributed by atoms with Crippen molar-refractivity contribution in [2.45, 2.75) is 161 Å². The molecule has 0 aliphatic rings. The van der Waals surface area contributed by atoms with Gasteiger partial charge in [-0.2, -0.15) is 0 Å². The Bertz CT molecular complexity index is 1340. The Morgan fingerprint density at radius 2 is 1.00 bits per heavy atom. The summed E-state index contributed by atoms with van der Waals surface area (Å²) in [5, 5.41) is 0. The first-order valence-electron chi connectivity index (χ1n) is 23.0. The van der Waals surface area contributed by atoms with E-state index in [0.717, 1.165) is 44.9 Å². The summed E-state index contributed by atoms with van der Waals surface area (Å²) in [4.78, 5) is 37.5. The van der Waals surface area contributed by atoms with Crippen LogP contribution < -0.4 is 4.89 Å². The molecule has 0 bridgehead atoms. The van der Waals surface area contributed by atoms with Crippen molar-refractivity contribution in [2.75, 3.05) is 47.5 Å². The maximum atomic E-state index is 12.6. The van der Waals surface area contributed by atoms with E-state index in [2.05, 4.69) is 56.4 Å². The zero-order chi connectivity index (χ0) is 44.3. The minimum Gasteiger partial charge on any atom is -0.756 e. The maximum Gasteiger partial charge on any atom is 0.306 e. The number of quaternary nitrogens is 1. The van der Waals surface area contributed by atoms with Crippen LogP contribution in [0.4, 0.5) is 0 Å². The molecule has 342 valence electrons. The topological polar surface area (TPSA) is 111 Å². The van der Waals surface area contributed by atoms with Crippen molar-refractivity contribution >= 4 is 19.8 Å². The second-order valence-corrected chi connectivity index (χ2v) is 17.5. The number of unbranched alkanes of at least 4 members (excludes halogenated alkanes) is 14. The lowest BCUT2D eigenvalue weighted by Gasteiger charge is -2.28. The first kappa shape index (κ1) is 56.9. The highest BCUT2D eigenvalue weighted by molar-refractivity contribution is 7.45. The standard InChI is InChI=1S/C50H84NO8P/c1-6-8-10-12-14-16-18-20-21-22-23-24-25-26-27-28-29-31-32-34-36-38-40-42-49(52)56-46-48(47-58-60(54,55)57-45-44-51(3,4)5)59-50(53)43-41-39-37-35-33-30-19-17-15-13-11-9-7-2/h8-11,13-17,19-21,30,33,35,37,48H,6-7,12,18,22-29,31-32,34,36,38-47H2,1-5H3/b10-8+,11-9+,15-13+,16-14+,19-17+,21-20+,33-30+,37-35+. The number of allylic oxidation sites excluding steroid dienone is 16. The molecule has 2 atom stereocenters. The van der Waals surface area contributed by atoms with E-state index in [1.165, 1.54) is 64.2 Å². The van der Waals surface area contributed by atoms with Crippen LogP contribution in [0.15, 0.2) is 97.2 Å². The third kappa shape index (κ3) is 44.5. The smallest absolute Gasteiger partial charge is 0.306 e. The molecule has 0 amide bonds. The molecule has 10 heteroatoms. The molecule has 0 saturated carbocycles. The lowest BCUT2D eigenvalue weighted by molar-refractivity contribution is -0.870. The molecule has 0 spiro atoms. The normalized spacial score (nSPS) is 14.4. The molecule has 0 saturated heterocycles. The van der Waals surface area contributed by atoms with Gasteiger partial charge in [0.25, 0.3) is 7.82 Å². The Kier molecular flexibility index (Phi) is 39.2. The van der Waals surface area contributed by atoms with Crippen LogP contribution in [0.2, 0.25) is 0 Å². The van der Waals surface area contributed by atoms with Gasteiger partial charge in [-0.3, -0.25) is 14.2 Å². The average Bonchev–Trinajstić information content (AvgIpc) is 3.20. The lowest BCUT2D eigenvalue weighted by atomic mass is 10.0. The Morgan fingerprint density at radius 3 is 1.57 bits per heavy atom. The van der Waals surface area contributed by atoms with Crippen LogP contribution in [0.1, 0.15) is 155 Å². The van der Waals surface area contributed by atoms with Crippen LogP contribution in [0.3, 0.4) is 0 Å². The molecule has 0 fully saturated rings. The highest BCUT2D eigenvalue weighted by Crippen LogP contribution is 2.38. The SMILES string of the molecule is CC/C=C/C=C/C=C/C=C/C=C/CCCC(=O)OC(COC(=O)CCCCCCCCCCCCCCC/C=C/C/C=C/C/C=C/CC)COP(=O)([O-])OCC[N+](C)(C)C. The van der Waals surface area contributed by atoms with Gasteiger partial charge in [-0.25, -0.2) is 0 Å². The number of carbonyl (C=O) groups is 2. The van der Waals surface area contributed by atoms with Gasteiger partial charge in [0.05, 0.1) is 27.7 Å². The van der Waals surface area contributed by atoms with Crippen LogP contribution in [0, 0.1) is 0 Å². The van der Waals surface area contributed by atoms with E-state index >= 15 is 0 Å². The van der Waals surface area contributed by atoms with Crippen LogP contribution in [-0.2, 0) is 32.7 Å². The molecule has 0 radical (unpaired) electrons. The molecule has 0 aliphatic heterocycles. The lowest BCUT2D eigenvalue weighted by Crippen LogP contribution is -2.37. The molecule has 0 heterocycles. The fraction of sp³-hybridized carbons (Fsp3) is 0.640. The van der Waals surface area contributed by atoms with E-state index in [0.29, 0.717) is 30.3 Å². The Morgan fingerprint density at radius 1 is 0.533 bits per heavy atom. The van der Waals surface area contributed by atoms with Gasteiger partial charge in [-0.05, 0) is 57.8 Å². The number of hydrogen-bond acceptors (Lipinski definition) is 8. The molecule has 0 aliphatic carbocycles. The monoisotopic (exact) mass is 858 g/mol. The Balaban J connectivity index is 4.31. The van der Waals surface area contributed by atoms with Gasteiger partial charge in [0.1, 0.15) is 19.8 Å². The molecule has 0 aromatic heterocycles. The first-order valence-corrected chi connectivity index (χ1v) is 24.5. The van der Waals surface area contributed by atoms with Gasteiger partial charge in [0.15, 0.2) is 6.10 Å². The number of rotatable bonds is 40. The first-order chi connectivity index (χ1) is 29.0. The van der Waals surface area contributed by atoms with E-state index in [1.54, 1.807) is 0 Å². The van der Waals surface area contributed by atoms with Crippen LogP contribution in [-0.4, -0.2) is 70.0 Å². The molecule has 0 rings (SSSR count). The van der Waals surface area contributed by atoms with Gasteiger partial charge in [-0.15, -0.1) is 0 Å². The minimum atomic E-state index is -4.65. The van der Waals surface area contributed by atoms with Crippen LogP contribution >= 0.6 is 7.82 Å². The fourth-order valence-electron chi connectivity index (χ4n) is 5.70. The maximum absolute atomic E-state index is 12.6. The summed E-state index contributed by atoms with van der Waals surface area (Å²) in [6.45, 7) is 3.87. The minimum absolute atomic E-state index is 0.0494. The van der Waals surface area contributed by atoms with Gasteiger partial charge in [0.2, 0.25) is 0 Å². The van der Waals surface area contributed by atoms with E-state index in [-0.39, 0.29) is 26.1 Å². The van der Waals surface area contributed by atoms with Crippen molar-refractivity contribution in [1.82, 2.24) is 0 Å². The Hall–Kier alpha value is -3.07. The predicted molar refractivity (Wildman–Crippen MR) is 249 cm³/mol. The molecular weight excluding hydrogens is 774 g/mol. The number of esters is 2. The number of ether oxygens (including phenoxy) is 2. The van der Waals surface area contributed by atoms with Gasteiger partial charge in [-0.1, -0.05) is 182 Å². The largest absolute Gasteiger partial charge is 0.756 e. The van der Waals surface area contributed by atoms with Crippen molar-refractivity contribution < 1.29 is 42.1 Å². The second kappa shape index (κ2) is 41.3. The average molecular weight is 858 g/mol. The van der Waals surface area contributed by atoms with Crippen molar-refractivity contribution in [3.8, 4) is 0 Å². The summed E-state index contributed by atoms with van der Waals surface area (Å²) >= 11 is 0. The highest BCUT2D eigenvalue weighted by atomic mass is 31.2. The summed E-state index contributed by atoms with van der Waals surface area (Å²) in [5.74, 6) is -0.930. The second-order valence-electron chi connectivity index (χ2n) is 16.1. The zero-order valence-electron chi connectivity index (χ0n) is 38.4. The fourth-order valence-corrected chi connectivity index (χ4v) is 6.43. The third-order valence-electron chi connectivity index (χ3n) is 9.23. The summed E-state index contributed by atoms with van der Waals surface area (Å²) < 4.78 is 33.8. The van der Waals surface area contributed by atoms with Crippen molar-refractivity contribution in [3.63, 3.8) is 0 Å². The third-order valence-corrected chi connectivity index (χ3v) is 10.2. The predicted octanol–water partition coefficient (Wildman–Crippen LogP) is 12.7. The molecular formula is C50H84NO8P. The van der Waals surface area contributed by atoms with Crippen molar-refractivity contribution in [1.29, 1.82) is 0 Å². The zero-order valence-corrected chi connectivity index (χ0v) is 39.3. The highest BCUT2D eigenvalue weighted by Gasteiger charge is 2.21. The number of hydrogen-bond donors (Lipinski definition) is 0. The van der Waals surface area contributed by atoms with E-state index in [4.69, 9.17) is 18.5 Å². The molecule has 9 nitrogen and oxygen atoms in total. The summed E-state index contributed by atoms with van der Waals surface area (Å²) in [7, 11) is 1.10. The summed E-state index contributed by atoms with van der Waals surface area (Å²) in [5.41, 5.74) is 0. The van der Waals surface area contributed by atoms with Crippen LogP contribution in [0.25, 0.3) is 0 Å². The summed E-state index contributed by atoms with van der Waals surface area (Å²) in [6, 6.07) is 0. The number of phosphoric acid groups is 1. The molecule has 0 aromatic rings. The molecule has 0 N–H and O–H groups in total. The molecule has 60 heavy (non-hydrogen) atoms. The number of phosphoric ester groups is 1. The van der Waals surface area contributed by atoms with E-state index in [1.807, 2.05) is 75.8 Å². The van der Waals surface area contributed by atoms with Gasteiger partial charge >= 0.3 is 11.9 Å².